The fourth-order valence-corrected chi connectivity index (χ4v) is 1.89. The monoisotopic (exact) mass is 270 g/mol. The summed E-state index contributed by atoms with van der Waals surface area (Å²) in [5.41, 5.74) is 2.36. The van der Waals surface area contributed by atoms with Crippen molar-refractivity contribution in [2.75, 3.05) is 5.32 Å². The molecular formula is C14H11FN4O. The Labute approximate surface area is 114 Å². The number of benzene rings is 1. The highest BCUT2D eigenvalue weighted by Gasteiger charge is 2.09. The van der Waals surface area contributed by atoms with Gasteiger partial charge in [0.2, 0.25) is 0 Å². The van der Waals surface area contributed by atoms with Gasteiger partial charge in [-0.2, -0.15) is 0 Å². The van der Waals surface area contributed by atoms with Crippen LogP contribution >= 0.6 is 0 Å². The van der Waals surface area contributed by atoms with Crippen molar-refractivity contribution in [3.05, 3.63) is 59.8 Å². The second kappa shape index (κ2) is 4.73. The number of hydrogen-bond donors (Lipinski definition) is 1. The van der Waals surface area contributed by atoms with Crippen molar-refractivity contribution >= 4 is 17.2 Å². The van der Waals surface area contributed by atoms with Crippen molar-refractivity contribution in [3.63, 3.8) is 0 Å². The summed E-state index contributed by atoms with van der Waals surface area (Å²) < 4.78 is 14.8. The first kappa shape index (κ1) is 12.3. The fraction of sp³-hybridized carbons (Fsp3) is 0.0714. The maximum Gasteiger partial charge on any atom is 0.257 e. The summed E-state index contributed by atoms with van der Waals surface area (Å²) >= 11 is 0. The number of nitrogens with zero attached hydrogens (tertiary/aromatic N) is 3. The van der Waals surface area contributed by atoms with Gasteiger partial charge in [-0.15, -0.1) is 10.2 Å². The minimum absolute atomic E-state index is 0.311. The number of aryl methyl sites for hydroxylation is 1. The van der Waals surface area contributed by atoms with Gasteiger partial charge in [-0.3, -0.25) is 9.20 Å². The zero-order valence-electron chi connectivity index (χ0n) is 10.7. The van der Waals surface area contributed by atoms with E-state index in [9.17, 15) is 9.18 Å². The molecule has 0 aliphatic carbocycles. The molecule has 0 aliphatic rings. The van der Waals surface area contributed by atoms with E-state index in [1.54, 1.807) is 35.7 Å². The number of aromatic nitrogens is 3. The number of halogens is 1. The molecule has 0 unspecified atom stereocenters. The van der Waals surface area contributed by atoms with Gasteiger partial charge >= 0.3 is 0 Å². The zero-order chi connectivity index (χ0) is 14.1. The van der Waals surface area contributed by atoms with E-state index in [-0.39, 0.29) is 11.7 Å². The molecule has 1 amide bonds. The molecule has 20 heavy (non-hydrogen) atoms. The molecule has 3 aromatic rings. The van der Waals surface area contributed by atoms with Gasteiger partial charge < -0.3 is 5.32 Å². The van der Waals surface area contributed by atoms with Gasteiger partial charge in [0.1, 0.15) is 12.1 Å². The van der Waals surface area contributed by atoms with Crippen LogP contribution in [0.25, 0.3) is 5.65 Å². The molecule has 0 saturated heterocycles. The topological polar surface area (TPSA) is 59.3 Å². The molecule has 5 nitrogen and oxygen atoms in total. The average Bonchev–Trinajstić information content (AvgIpc) is 2.90. The molecule has 0 spiro atoms. The number of anilines is 1. The smallest absolute Gasteiger partial charge is 0.257 e. The van der Waals surface area contributed by atoms with Crippen molar-refractivity contribution < 1.29 is 9.18 Å². The van der Waals surface area contributed by atoms with E-state index in [2.05, 4.69) is 15.5 Å². The Balaban J connectivity index is 1.90. The van der Waals surface area contributed by atoms with Crippen LogP contribution in [0, 0.1) is 12.7 Å². The molecule has 1 N–H and O–H groups in total. The molecule has 1 aromatic carbocycles. The number of pyridine rings is 1. The number of rotatable bonds is 2. The normalized spacial score (nSPS) is 10.7. The lowest BCUT2D eigenvalue weighted by molar-refractivity contribution is 0.102. The van der Waals surface area contributed by atoms with Crippen LogP contribution in [-0.4, -0.2) is 20.5 Å². The van der Waals surface area contributed by atoms with Gasteiger partial charge in [0.25, 0.3) is 5.91 Å². The third kappa shape index (κ3) is 2.23. The van der Waals surface area contributed by atoms with E-state index < -0.39 is 0 Å². The van der Waals surface area contributed by atoms with Crippen LogP contribution in [0.2, 0.25) is 0 Å². The van der Waals surface area contributed by atoms with E-state index in [1.165, 1.54) is 18.5 Å². The maximum atomic E-state index is 13.2. The molecule has 2 heterocycles. The Hall–Kier alpha value is -2.76. The van der Waals surface area contributed by atoms with Crippen LogP contribution in [0.1, 0.15) is 15.9 Å². The van der Waals surface area contributed by atoms with E-state index in [1.807, 2.05) is 0 Å². The average molecular weight is 270 g/mol. The molecular weight excluding hydrogens is 259 g/mol. The van der Waals surface area contributed by atoms with Crippen LogP contribution in [0.5, 0.6) is 0 Å². The molecule has 2 aromatic heterocycles. The number of hydrogen-bond acceptors (Lipinski definition) is 3. The first-order valence-corrected chi connectivity index (χ1v) is 6.00. The summed E-state index contributed by atoms with van der Waals surface area (Å²) in [7, 11) is 0. The van der Waals surface area contributed by atoms with E-state index in [0.717, 1.165) is 5.56 Å². The van der Waals surface area contributed by atoms with Gasteiger partial charge in [0.15, 0.2) is 5.65 Å². The lowest BCUT2D eigenvalue weighted by atomic mass is 10.2. The summed E-state index contributed by atoms with van der Waals surface area (Å²) in [5.74, 6) is -0.700. The number of fused-ring (bicyclic) bond motifs is 1. The Morgan fingerprint density at radius 2 is 2.15 bits per heavy atom. The lowest BCUT2D eigenvalue weighted by Crippen LogP contribution is -2.13. The molecule has 0 aliphatic heterocycles. The molecule has 0 bridgehead atoms. The summed E-state index contributed by atoms with van der Waals surface area (Å²) in [4.78, 5) is 12.2. The molecule has 3 rings (SSSR count). The van der Waals surface area contributed by atoms with Crippen LogP contribution in [0.4, 0.5) is 10.1 Å². The molecule has 0 saturated carbocycles. The van der Waals surface area contributed by atoms with Crippen molar-refractivity contribution in [1.29, 1.82) is 0 Å². The van der Waals surface area contributed by atoms with Gasteiger partial charge in [-0.05, 0) is 36.8 Å². The Morgan fingerprint density at radius 3 is 3.00 bits per heavy atom. The Morgan fingerprint density at radius 1 is 1.30 bits per heavy atom. The van der Waals surface area contributed by atoms with Crippen molar-refractivity contribution in [2.24, 2.45) is 0 Å². The first-order chi connectivity index (χ1) is 9.63. The van der Waals surface area contributed by atoms with Crippen molar-refractivity contribution in [1.82, 2.24) is 14.6 Å². The van der Waals surface area contributed by atoms with E-state index in [0.29, 0.717) is 16.9 Å². The first-order valence-electron chi connectivity index (χ1n) is 6.00. The Kier molecular flexibility index (Phi) is 2.90. The van der Waals surface area contributed by atoms with Crippen LogP contribution in [0.3, 0.4) is 0 Å². The maximum absolute atomic E-state index is 13.2. The predicted molar refractivity (Wildman–Crippen MR) is 72.1 cm³/mol. The summed E-state index contributed by atoms with van der Waals surface area (Å²) in [5, 5.41) is 10.3. The second-order valence-corrected chi connectivity index (χ2v) is 4.43. The minimum atomic E-state index is -0.389. The third-order valence-electron chi connectivity index (χ3n) is 3.00. The zero-order valence-corrected chi connectivity index (χ0v) is 10.7. The summed E-state index contributed by atoms with van der Waals surface area (Å²) in [6.45, 7) is 1.80. The van der Waals surface area contributed by atoms with Gasteiger partial charge in [0.05, 0.1) is 5.56 Å². The molecule has 0 radical (unpaired) electrons. The number of nitrogens with one attached hydrogen (secondary N) is 1. The van der Waals surface area contributed by atoms with E-state index in [4.69, 9.17) is 0 Å². The molecule has 0 fully saturated rings. The SMILES string of the molecule is Cc1ccc(F)cc1NC(=O)c1ccc2nncn2c1. The van der Waals surface area contributed by atoms with Crippen LogP contribution in [-0.2, 0) is 0 Å². The van der Waals surface area contributed by atoms with Gasteiger partial charge in [0, 0.05) is 11.9 Å². The van der Waals surface area contributed by atoms with E-state index >= 15 is 0 Å². The van der Waals surface area contributed by atoms with Crippen molar-refractivity contribution in [2.45, 2.75) is 6.92 Å². The molecule has 6 heteroatoms. The summed E-state index contributed by atoms with van der Waals surface area (Å²) in [6.07, 6.45) is 3.14. The van der Waals surface area contributed by atoms with Crippen molar-refractivity contribution in [3.8, 4) is 0 Å². The number of carbonyl (C=O) groups is 1. The van der Waals surface area contributed by atoms with Crippen LogP contribution in [0.15, 0.2) is 42.9 Å². The number of carbonyl (C=O) groups excluding carboxylic acids is 1. The standard InChI is InChI=1S/C14H11FN4O/c1-9-2-4-11(15)6-12(9)17-14(20)10-3-5-13-18-16-8-19(13)7-10/h2-8H,1H3,(H,17,20). The fourth-order valence-electron chi connectivity index (χ4n) is 1.89. The number of amides is 1. The highest BCUT2D eigenvalue weighted by Crippen LogP contribution is 2.17. The Bertz CT molecular complexity index is 797. The lowest BCUT2D eigenvalue weighted by Gasteiger charge is -2.08. The quantitative estimate of drug-likeness (QED) is 0.778. The summed E-state index contributed by atoms with van der Waals surface area (Å²) in [6, 6.07) is 7.61. The van der Waals surface area contributed by atoms with Gasteiger partial charge in [-0.1, -0.05) is 6.07 Å². The minimum Gasteiger partial charge on any atom is -0.322 e. The highest BCUT2D eigenvalue weighted by atomic mass is 19.1. The molecule has 100 valence electrons. The third-order valence-corrected chi connectivity index (χ3v) is 3.00. The largest absolute Gasteiger partial charge is 0.322 e. The molecule has 0 atom stereocenters. The van der Waals surface area contributed by atoms with Crippen LogP contribution < -0.4 is 5.32 Å². The predicted octanol–water partition coefficient (Wildman–Crippen LogP) is 2.43. The second-order valence-electron chi connectivity index (χ2n) is 4.43. The highest BCUT2D eigenvalue weighted by molar-refractivity contribution is 6.04. The van der Waals surface area contributed by atoms with Gasteiger partial charge in [-0.25, -0.2) is 4.39 Å².